The number of halogens is 4. The number of aromatic nitrogens is 2. The third-order valence-electron chi connectivity index (χ3n) is 7.97. The van der Waals surface area contributed by atoms with Crippen LogP contribution in [0.4, 0.5) is 23.2 Å². The number of ether oxygens (including phenoxy) is 3. The predicted octanol–water partition coefficient (Wildman–Crippen LogP) is 7.42. The van der Waals surface area contributed by atoms with Crippen LogP contribution in [0.3, 0.4) is 0 Å². The quantitative estimate of drug-likeness (QED) is 0.200. The summed E-state index contributed by atoms with van der Waals surface area (Å²) in [6, 6.07) is 6.71. The molecule has 2 aromatic heterocycles. The van der Waals surface area contributed by atoms with Gasteiger partial charge >= 0.3 is 12.1 Å². The molecule has 1 aliphatic carbocycles. The molecule has 1 N–H and O–H groups in total. The first kappa shape index (κ1) is 35.5. The minimum absolute atomic E-state index is 0.0543. The fourth-order valence-corrected chi connectivity index (χ4v) is 5.56. The van der Waals surface area contributed by atoms with Gasteiger partial charge in [0.2, 0.25) is 11.8 Å². The van der Waals surface area contributed by atoms with Gasteiger partial charge in [0.15, 0.2) is 11.6 Å². The summed E-state index contributed by atoms with van der Waals surface area (Å²) < 4.78 is 74.0. The van der Waals surface area contributed by atoms with Gasteiger partial charge < -0.3 is 24.2 Å². The van der Waals surface area contributed by atoms with E-state index in [9.17, 15) is 27.9 Å². The molecule has 0 unspecified atom stereocenters. The summed E-state index contributed by atoms with van der Waals surface area (Å²) in [5.41, 5.74) is -0.840. The van der Waals surface area contributed by atoms with Gasteiger partial charge in [0, 0.05) is 44.2 Å². The molecule has 1 fully saturated rings. The number of carbonyl (C=O) groups excluding carboxylic acids is 1. The topological polar surface area (TPSA) is 111 Å². The molecule has 0 radical (unpaired) electrons. The molecule has 1 amide bonds. The van der Waals surface area contributed by atoms with Crippen LogP contribution in [0.2, 0.25) is 0 Å². The number of aromatic carboxylic acids is 1. The Kier molecular flexibility index (Phi) is 11.7. The summed E-state index contributed by atoms with van der Waals surface area (Å²) >= 11 is 0. The predicted molar refractivity (Wildman–Crippen MR) is 167 cm³/mol. The van der Waals surface area contributed by atoms with Crippen molar-refractivity contribution in [2.24, 2.45) is 11.8 Å². The highest BCUT2D eigenvalue weighted by Crippen LogP contribution is 2.40. The number of rotatable bonds is 12. The van der Waals surface area contributed by atoms with E-state index in [1.807, 2.05) is 0 Å². The molecular formula is C34H37F4N3O6. The van der Waals surface area contributed by atoms with E-state index in [4.69, 9.17) is 14.2 Å². The molecule has 0 atom stereocenters. The first-order valence-electron chi connectivity index (χ1n) is 15.1. The highest BCUT2D eigenvalue weighted by atomic mass is 19.4. The Bertz CT molecular complexity index is 1600. The molecule has 4 rings (SSSR count). The summed E-state index contributed by atoms with van der Waals surface area (Å²) in [6.45, 7) is 3.75. The Balaban J connectivity index is 1.74. The van der Waals surface area contributed by atoms with Crippen molar-refractivity contribution in [3.63, 3.8) is 0 Å². The minimum atomic E-state index is -4.95. The van der Waals surface area contributed by atoms with Gasteiger partial charge in [-0.3, -0.25) is 9.78 Å². The maximum absolute atomic E-state index is 15.7. The van der Waals surface area contributed by atoms with Gasteiger partial charge in [0.05, 0.1) is 36.2 Å². The number of methoxy groups -OCH3 is 2. The zero-order chi connectivity index (χ0) is 34.3. The van der Waals surface area contributed by atoms with Crippen molar-refractivity contribution in [2.45, 2.75) is 51.7 Å². The van der Waals surface area contributed by atoms with Crippen molar-refractivity contribution >= 4 is 29.7 Å². The SMILES string of the molecule is COCC(COC)N(C(=O)C1CCC(C)CC1)c1cc(F)c(Oc2ncc(C=Cc3cccc(C)n3)cc2C(F)(F)F)cc1C(=O)O. The van der Waals surface area contributed by atoms with Crippen LogP contribution in [0.5, 0.6) is 11.6 Å². The summed E-state index contributed by atoms with van der Waals surface area (Å²) in [5, 5.41) is 10.2. The van der Waals surface area contributed by atoms with Crippen LogP contribution in [0.1, 0.15) is 65.5 Å². The second kappa shape index (κ2) is 15.5. The fourth-order valence-electron chi connectivity index (χ4n) is 5.56. The lowest BCUT2D eigenvalue weighted by Crippen LogP contribution is -2.49. The number of anilines is 1. The molecular weight excluding hydrogens is 622 g/mol. The van der Waals surface area contributed by atoms with E-state index in [1.165, 1.54) is 31.3 Å². The fraction of sp³-hybridized carbons (Fsp3) is 0.412. The minimum Gasteiger partial charge on any atom is -0.478 e. The summed E-state index contributed by atoms with van der Waals surface area (Å²) in [4.78, 5) is 35.7. The van der Waals surface area contributed by atoms with E-state index in [0.29, 0.717) is 24.5 Å². The number of amides is 1. The highest BCUT2D eigenvalue weighted by Gasteiger charge is 2.38. The van der Waals surface area contributed by atoms with E-state index < -0.39 is 58.6 Å². The standard InChI is InChI=1S/C34H37F4N3O6/c1-20-8-11-23(12-9-20)32(42)41(25(18-45-3)19-46-4)29-16-28(35)30(15-26(29)33(43)44)47-31-27(34(36,37)38)14-22(17-39-31)10-13-24-7-5-6-21(2)40-24/h5-7,10,13-17,20,23,25H,8-9,11-12,18-19H2,1-4H3,(H,43,44). The number of hydrogen-bond donors (Lipinski definition) is 1. The highest BCUT2D eigenvalue weighted by molar-refractivity contribution is 6.03. The zero-order valence-electron chi connectivity index (χ0n) is 26.5. The zero-order valence-corrected chi connectivity index (χ0v) is 26.5. The van der Waals surface area contributed by atoms with Crippen molar-refractivity contribution in [1.82, 2.24) is 9.97 Å². The Labute approximate surface area is 270 Å². The number of nitrogens with zero attached hydrogens (tertiary/aromatic N) is 3. The number of alkyl halides is 3. The number of hydrogen-bond acceptors (Lipinski definition) is 7. The molecule has 2 heterocycles. The van der Waals surface area contributed by atoms with Crippen LogP contribution in [0.25, 0.3) is 12.2 Å². The van der Waals surface area contributed by atoms with Crippen molar-refractivity contribution in [2.75, 3.05) is 32.3 Å². The van der Waals surface area contributed by atoms with Crippen LogP contribution >= 0.6 is 0 Å². The van der Waals surface area contributed by atoms with Crippen LogP contribution in [-0.4, -0.2) is 60.4 Å². The van der Waals surface area contributed by atoms with Crippen molar-refractivity contribution in [3.8, 4) is 11.6 Å². The van der Waals surface area contributed by atoms with Gasteiger partial charge in [-0.2, -0.15) is 13.2 Å². The number of aryl methyl sites for hydroxylation is 1. The lowest BCUT2D eigenvalue weighted by Gasteiger charge is -2.36. The largest absolute Gasteiger partial charge is 0.478 e. The number of benzene rings is 1. The second-order valence-electron chi connectivity index (χ2n) is 11.6. The molecule has 13 heteroatoms. The van der Waals surface area contributed by atoms with E-state index in [2.05, 4.69) is 16.9 Å². The number of carboxylic acid groups (broad SMARTS) is 1. The molecule has 0 saturated heterocycles. The molecule has 1 aromatic carbocycles. The first-order valence-corrected chi connectivity index (χ1v) is 15.1. The lowest BCUT2D eigenvalue weighted by molar-refractivity contribution is -0.139. The monoisotopic (exact) mass is 659 g/mol. The molecule has 252 valence electrons. The van der Waals surface area contributed by atoms with Crippen LogP contribution in [0, 0.1) is 24.6 Å². The van der Waals surface area contributed by atoms with Crippen LogP contribution in [0.15, 0.2) is 42.6 Å². The third kappa shape index (κ3) is 8.92. The molecule has 3 aromatic rings. The van der Waals surface area contributed by atoms with Gasteiger partial charge in [-0.05, 0) is 68.4 Å². The van der Waals surface area contributed by atoms with Gasteiger partial charge in [-0.25, -0.2) is 14.2 Å². The normalized spacial score (nSPS) is 16.9. The second-order valence-corrected chi connectivity index (χ2v) is 11.6. The van der Waals surface area contributed by atoms with Gasteiger partial charge in [-0.1, -0.05) is 19.1 Å². The first-order chi connectivity index (χ1) is 22.3. The number of pyridine rings is 2. The molecule has 0 aliphatic heterocycles. The summed E-state index contributed by atoms with van der Waals surface area (Å²) in [5.74, 6) is -4.98. The summed E-state index contributed by atoms with van der Waals surface area (Å²) in [7, 11) is 2.80. The van der Waals surface area contributed by atoms with E-state index in [0.717, 1.165) is 42.9 Å². The Morgan fingerprint density at radius 2 is 1.74 bits per heavy atom. The maximum Gasteiger partial charge on any atom is 0.421 e. The molecule has 47 heavy (non-hydrogen) atoms. The van der Waals surface area contributed by atoms with Gasteiger partial charge in [0.1, 0.15) is 5.56 Å². The van der Waals surface area contributed by atoms with Gasteiger partial charge in [-0.15, -0.1) is 0 Å². The Hall–Kier alpha value is -4.36. The van der Waals surface area contributed by atoms with Crippen LogP contribution in [-0.2, 0) is 20.4 Å². The van der Waals surface area contributed by atoms with Gasteiger partial charge in [0.25, 0.3) is 0 Å². The van der Waals surface area contributed by atoms with Crippen LogP contribution < -0.4 is 9.64 Å². The number of carbonyl (C=O) groups is 2. The van der Waals surface area contributed by atoms with E-state index in [-0.39, 0.29) is 24.5 Å². The molecule has 1 aliphatic rings. The Morgan fingerprint density at radius 1 is 1.06 bits per heavy atom. The average Bonchev–Trinajstić information content (AvgIpc) is 3.01. The maximum atomic E-state index is 15.7. The molecule has 9 nitrogen and oxygen atoms in total. The number of carboxylic acids is 1. The smallest absolute Gasteiger partial charge is 0.421 e. The van der Waals surface area contributed by atoms with Crippen molar-refractivity contribution in [3.05, 3.63) is 76.5 Å². The lowest BCUT2D eigenvalue weighted by atomic mass is 9.82. The average molecular weight is 660 g/mol. The van der Waals surface area contributed by atoms with Crippen molar-refractivity contribution < 1.29 is 46.5 Å². The molecule has 0 bridgehead atoms. The summed E-state index contributed by atoms with van der Waals surface area (Å²) in [6.07, 6.45) is 1.78. The van der Waals surface area contributed by atoms with E-state index >= 15 is 4.39 Å². The molecule has 1 saturated carbocycles. The third-order valence-corrected chi connectivity index (χ3v) is 7.97. The van der Waals surface area contributed by atoms with Crippen molar-refractivity contribution in [1.29, 1.82) is 0 Å². The van der Waals surface area contributed by atoms with E-state index in [1.54, 1.807) is 25.1 Å². The molecule has 0 spiro atoms. The Morgan fingerprint density at radius 3 is 2.34 bits per heavy atom.